The first-order valence-corrected chi connectivity index (χ1v) is 8.09. The molecule has 1 aromatic heterocycles. The second-order valence-electron chi connectivity index (χ2n) is 5.94. The normalized spacial score (nSPS) is 14.2. The SMILES string of the molecule is Cc1ccc([N+](=O)[O-])cc1NC(=O)N1CCN(C(=O)c2ccco2)CC1. The highest BCUT2D eigenvalue weighted by molar-refractivity contribution is 5.92. The summed E-state index contributed by atoms with van der Waals surface area (Å²) in [5.74, 6) is 0.0692. The van der Waals surface area contributed by atoms with Crippen LogP contribution in [0.3, 0.4) is 0 Å². The van der Waals surface area contributed by atoms with Gasteiger partial charge in [0.1, 0.15) is 0 Å². The molecule has 9 nitrogen and oxygen atoms in total. The lowest BCUT2D eigenvalue weighted by Gasteiger charge is -2.34. The molecule has 0 spiro atoms. The van der Waals surface area contributed by atoms with Crippen molar-refractivity contribution in [1.29, 1.82) is 0 Å². The average Bonchev–Trinajstić information content (AvgIpc) is 3.17. The molecular formula is C17H18N4O5. The van der Waals surface area contributed by atoms with Gasteiger partial charge in [-0.2, -0.15) is 0 Å². The largest absolute Gasteiger partial charge is 0.459 e. The molecule has 2 heterocycles. The van der Waals surface area contributed by atoms with Crippen LogP contribution in [-0.4, -0.2) is 52.8 Å². The topological polar surface area (TPSA) is 109 Å². The summed E-state index contributed by atoms with van der Waals surface area (Å²) in [5.41, 5.74) is 1.05. The van der Waals surface area contributed by atoms with Crippen molar-refractivity contribution >= 4 is 23.3 Å². The molecule has 0 radical (unpaired) electrons. The average molecular weight is 358 g/mol. The van der Waals surface area contributed by atoms with Crippen LogP contribution in [0.1, 0.15) is 16.1 Å². The van der Waals surface area contributed by atoms with E-state index < -0.39 is 4.92 Å². The number of furan rings is 1. The van der Waals surface area contributed by atoms with Gasteiger partial charge in [0.2, 0.25) is 0 Å². The number of benzene rings is 1. The van der Waals surface area contributed by atoms with Crippen LogP contribution in [-0.2, 0) is 0 Å². The number of piperazine rings is 1. The smallest absolute Gasteiger partial charge is 0.321 e. The first kappa shape index (κ1) is 17.5. The van der Waals surface area contributed by atoms with E-state index in [1.165, 1.54) is 18.4 Å². The summed E-state index contributed by atoms with van der Waals surface area (Å²) in [5, 5.41) is 13.6. The molecule has 2 aromatic rings. The summed E-state index contributed by atoms with van der Waals surface area (Å²) >= 11 is 0. The highest BCUT2D eigenvalue weighted by atomic mass is 16.6. The number of nitrogens with zero attached hydrogens (tertiary/aromatic N) is 3. The van der Waals surface area contributed by atoms with Crippen molar-refractivity contribution in [3.63, 3.8) is 0 Å². The van der Waals surface area contributed by atoms with Gasteiger partial charge in [0, 0.05) is 38.3 Å². The molecular weight excluding hydrogens is 340 g/mol. The molecule has 1 fully saturated rings. The number of nitro groups is 1. The Morgan fingerprint density at radius 2 is 1.85 bits per heavy atom. The van der Waals surface area contributed by atoms with Gasteiger partial charge in [0.15, 0.2) is 5.76 Å². The molecule has 9 heteroatoms. The zero-order chi connectivity index (χ0) is 18.7. The highest BCUT2D eigenvalue weighted by Crippen LogP contribution is 2.22. The van der Waals surface area contributed by atoms with E-state index in [4.69, 9.17) is 4.42 Å². The number of nitrogens with one attached hydrogen (secondary N) is 1. The van der Waals surface area contributed by atoms with Crippen LogP contribution in [0.4, 0.5) is 16.2 Å². The second-order valence-corrected chi connectivity index (χ2v) is 5.94. The molecule has 1 aliphatic rings. The number of nitro benzene ring substituents is 1. The zero-order valence-electron chi connectivity index (χ0n) is 14.2. The van der Waals surface area contributed by atoms with Crippen LogP contribution >= 0.6 is 0 Å². The maximum Gasteiger partial charge on any atom is 0.321 e. The number of rotatable bonds is 3. The van der Waals surface area contributed by atoms with Gasteiger partial charge < -0.3 is 19.5 Å². The molecule has 1 saturated heterocycles. The van der Waals surface area contributed by atoms with Gasteiger partial charge in [0.05, 0.1) is 16.9 Å². The number of urea groups is 1. The van der Waals surface area contributed by atoms with Gasteiger partial charge in [-0.1, -0.05) is 6.07 Å². The van der Waals surface area contributed by atoms with Gasteiger partial charge in [-0.25, -0.2) is 4.79 Å². The molecule has 0 aliphatic carbocycles. The van der Waals surface area contributed by atoms with Crippen molar-refractivity contribution in [3.05, 3.63) is 58.0 Å². The van der Waals surface area contributed by atoms with E-state index in [9.17, 15) is 19.7 Å². The standard InChI is InChI=1S/C17H18N4O5/c1-12-4-5-13(21(24)25)11-14(12)18-17(23)20-8-6-19(7-9-20)16(22)15-3-2-10-26-15/h2-5,10-11H,6-9H2,1H3,(H,18,23). The number of aryl methyl sites for hydroxylation is 1. The summed E-state index contributed by atoms with van der Waals surface area (Å²) in [7, 11) is 0. The highest BCUT2D eigenvalue weighted by Gasteiger charge is 2.26. The number of carbonyl (C=O) groups excluding carboxylic acids is 2. The Morgan fingerprint density at radius 1 is 1.15 bits per heavy atom. The Balaban J connectivity index is 1.60. The third-order valence-corrected chi connectivity index (χ3v) is 4.26. The predicted octanol–water partition coefficient (Wildman–Crippen LogP) is 2.49. The molecule has 3 amide bonds. The maximum atomic E-state index is 12.4. The van der Waals surface area contributed by atoms with Gasteiger partial charge in [-0.05, 0) is 24.6 Å². The van der Waals surface area contributed by atoms with E-state index in [0.717, 1.165) is 5.56 Å². The lowest BCUT2D eigenvalue weighted by molar-refractivity contribution is -0.384. The minimum Gasteiger partial charge on any atom is -0.459 e. The van der Waals surface area contributed by atoms with E-state index in [1.807, 2.05) is 0 Å². The Bertz CT molecular complexity index is 826. The molecule has 3 rings (SSSR count). The fraction of sp³-hybridized carbons (Fsp3) is 0.294. The number of anilines is 1. The van der Waals surface area contributed by atoms with Crippen molar-refractivity contribution in [3.8, 4) is 0 Å². The van der Waals surface area contributed by atoms with Crippen LogP contribution in [0, 0.1) is 17.0 Å². The molecule has 1 N–H and O–H groups in total. The minimum absolute atomic E-state index is 0.0836. The Labute approximate surface area is 149 Å². The van der Waals surface area contributed by atoms with Crippen molar-refractivity contribution < 1.29 is 18.9 Å². The van der Waals surface area contributed by atoms with Crippen LogP contribution in [0.15, 0.2) is 41.0 Å². The van der Waals surface area contributed by atoms with Crippen molar-refractivity contribution in [2.24, 2.45) is 0 Å². The molecule has 136 valence electrons. The Hall–Kier alpha value is -3.36. The number of hydrogen-bond acceptors (Lipinski definition) is 5. The lowest BCUT2D eigenvalue weighted by atomic mass is 10.2. The summed E-state index contributed by atoms with van der Waals surface area (Å²) in [6.07, 6.45) is 1.44. The second kappa shape index (κ2) is 7.26. The Morgan fingerprint density at radius 3 is 2.46 bits per heavy atom. The van der Waals surface area contributed by atoms with Gasteiger partial charge >= 0.3 is 6.03 Å². The van der Waals surface area contributed by atoms with Crippen molar-refractivity contribution in [2.45, 2.75) is 6.92 Å². The van der Waals surface area contributed by atoms with Crippen molar-refractivity contribution in [1.82, 2.24) is 9.80 Å². The van der Waals surface area contributed by atoms with Gasteiger partial charge in [-0.3, -0.25) is 14.9 Å². The zero-order valence-corrected chi connectivity index (χ0v) is 14.2. The minimum atomic E-state index is -0.506. The summed E-state index contributed by atoms with van der Waals surface area (Å²) < 4.78 is 5.11. The van der Waals surface area contributed by atoms with Gasteiger partial charge in [-0.15, -0.1) is 0 Å². The van der Waals surface area contributed by atoms with E-state index >= 15 is 0 Å². The summed E-state index contributed by atoms with van der Waals surface area (Å²) in [6, 6.07) is 7.23. The number of hydrogen-bond donors (Lipinski definition) is 1. The molecule has 26 heavy (non-hydrogen) atoms. The number of non-ortho nitro benzene ring substituents is 1. The Kier molecular flexibility index (Phi) is 4.87. The summed E-state index contributed by atoms with van der Waals surface area (Å²) in [4.78, 5) is 38.2. The van der Waals surface area contributed by atoms with E-state index in [0.29, 0.717) is 31.9 Å². The van der Waals surface area contributed by atoms with E-state index in [-0.39, 0.29) is 23.4 Å². The molecule has 1 aromatic carbocycles. The van der Waals surface area contributed by atoms with E-state index in [2.05, 4.69) is 5.32 Å². The van der Waals surface area contributed by atoms with Crippen LogP contribution < -0.4 is 5.32 Å². The van der Waals surface area contributed by atoms with Crippen molar-refractivity contribution in [2.75, 3.05) is 31.5 Å². The van der Waals surface area contributed by atoms with Crippen LogP contribution in [0.25, 0.3) is 0 Å². The molecule has 0 unspecified atom stereocenters. The maximum absolute atomic E-state index is 12.4. The van der Waals surface area contributed by atoms with Crippen LogP contribution in [0.2, 0.25) is 0 Å². The van der Waals surface area contributed by atoms with Gasteiger partial charge in [0.25, 0.3) is 11.6 Å². The first-order valence-electron chi connectivity index (χ1n) is 8.09. The fourth-order valence-electron chi connectivity index (χ4n) is 2.72. The molecule has 0 saturated carbocycles. The molecule has 1 aliphatic heterocycles. The summed E-state index contributed by atoms with van der Waals surface area (Å²) in [6.45, 7) is 3.28. The first-order chi connectivity index (χ1) is 12.5. The number of carbonyl (C=O) groups is 2. The monoisotopic (exact) mass is 358 g/mol. The molecule has 0 atom stereocenters. The number of amides is 3. The van der Waals surface area contributed by atoms with E-state index in [1.54, 1.807) is 34.9 Å². The lowest BCUT2D eigenvalue weighted by Crippen LogP contribution is -2.51. The predicted molar refractivity (Wildman–Crippen MR) is 93.0 cm³/mol. The third kappa shape index (κ3) is 3.66. The van der Waals surface area contributed by atoms with Crippen LogP contribution in [0.5, 0.6) is 0 Å². The fourth-order valence-corrected chi connectivity index (χ4v) is 2.72. The third-order valence-electron chi connectivity index (χ3n) is 4.26. The molecule has 0 bridgehead atoms. The quantitative estimate of drug-likeness (QED) is 0.670.